The molecule has 0 N–H and O–H groups in total. The van der Waals surface area contributed by atoms with E-state index in [1.165, 1.54) is 6.92 Å². The van der Waals surface area contributed by atoms with E-state index in [0.29, 0.717) is 0 Å². The van der Waals surface area contributed by atoms with Gasteiger partial charge in [-0.1, -0.05) is 13.2 Å². The number of rotatable bonds is 6. The second-order valence-electron chi connectivity index (χ2n) is 2.78. The van der Waals surface area contributed by atoms with Crippen LogP contribution in [0.1, 0.15) is 8.35 Å². The first-order chi connectivity index (χ1) is 7.28. The molecule has 0 unspecified atom stereocenters. The van der Waals surface area contributed by atoms with Gasteiger partial charge in [0.2, 0.25) is 0 Å². The number of hydrogen-bond donors (Lipinski definition) is 0. The predicted molar refractivity (Wildman–Crippen MR) is 57.0 cm³/mol. The average molecular weight is 272 g/mol. The third-order valence-corrected chi connectivity index (χ3v) is 2.38. The predicted octanol–water partition coefficient (Wildman–Crippen LogP) is -2.72. The molecule has 0 aromatic heterocycles. The largest absolute Gasteiger partial charge is 1.00 e. The molecule has 0 aliphatic heterocycles. The van der Waals surface area contributed by atoms with Crippen LogP contribution >= 0.6 is 0 Å². The monoisotopic (exact) mass is 272 g/mol. The van der Waals surface area contributed by atoms with Gasteiger partial charge < -0.3 is 10.3 Å². The van der Waals surface area contributed by atoms with Crippen LogP contribution in [0, 0.1) is 0 Å². The van der Waals surface area contributed by atoms with Crippen molar-refractivity contribution in [3.63, 3.8) is 0 Å². The molecule has 92 valence electrons. The van der Waals surface area contributed by atoms with Gasteiger partial charge in [-0.05, 0) is 6.92 Å². The second-order valence-corrected chi connectivity index (χ2v) is 4.47. The van der Waals surface area contributed by atoms with E-state index in [-0.39, 0.29) is 36.6 Å². The Kier molecular flexibility index (Phi) is 9.32. The molecule has 0 atom stereocenters. The molecular formula is C9H13NaO6S. The van der Waals surface area contributed by atoms with Gasteiger partial charge in [0.1, 0.15) is 12.4 Å². The van der Waals surface area contributed by atoms with E-state index in [2.05, 4.69) is 22.1 Å². The fourth-order valence-electron chi connectivity index (χ4n) is 0.560. The molecule has 0 aliphatic carbocycles. The van der Waals surface area contributed by atoms with Gasteiger partial charge in [-0.3, -0.25) is 0 Å². The van der Waals surface area contributed by atoms with E-state index in [0.717, 1.165) is 6.08 Å². The maximum atomic E-state index is 11.0. The average Bonchev–Trinajstić information content (AvgIpc) is 2.16. The Bertz CT molecular complexity index is 417. The maximum absolute atomic E-state index is 11.0. The second kappa shape index (κ2) is 8.46. The molecule has 17 heavy (non-hydrogen) atoms. The fraction of sp³-hybridized carbons (Fsp3) is 0.333. The summed E-state index contributed by atoms with van der Waals surface area (Å²) >= 11 is 0. The summed E-state index contributed by atoms with van der Waals surface area (Å²) in [4.78, 5) is 21.5. The molecule has 0 aromatic carbocycles. The Balaban J connectivity index is -0.00000112. The molecule has 0 amide bonds. The van der Waals surface area contributed by atoms with Crippen LogP contribution in [0.5, 0.6) is 0 Å². The van der Waals surface area contributed by atoms with Crippen molar-refractivity contribution in [2.45, 2.75) is 6.92 Å². The van der Waals surface area contributed by atoms with Crippen LogP contribution < -0.4 is 29.6 Å². The first-order valence-corrected chi connectivity index (χ1v) is 5.77. The van der Waals surface area contributed by atoms with Gasteiger partial charge in [0.15, 0.2) is 0 Å². The summed E-state index contributed by atoms with van der Waals surface area (Å²) in [7, 11) is -4.04. The van der Waals surface area contributed by atoms with Crippen molar-refractivity contribution in [1.82, 2.24) is 0 Å². The zero-order valence-corrected chi connectivity index (χ0v) is 12.6. The Morgan fingerprint density at radius 3 is 2.35 bits per heavy atom. The molecule has 0 spiro atoms. The molecule has 0 rings (SSSR count). The quantitative estimate of drug-likeness (QED) is 0.226. The molecule has 0 aromatic rings. The summed E-state index contributed by atoms with van der Waals surface area (Å²) < 4.78 is 30.6. The molecular weight excluding hydrogens is 259 g/mol. The Labute approximate surface area is 124 Å². The van der Waals surface area contributed by atoms with Crippen LogP contribution in [0.25, 0.3) is 0 Å². The minimum atomic E-state index is -4.04. The minimum Gasteiger partial charge on any atom is -1.00 e. The Morgan fingerprint density at radius 1 is 1.41 bits per heavy atom. The van der Waals surface area contributed by atoms with Crippen molar-refractivity contribution in [3.05, 3.63) is 24.8 Å². The van der Waals surface area contributed by atoms with Crippen LogP contribution in [-0.2, 0) is 28.6 Å². The van der Waals surface area contributed by atoms with Crippen molar-refractivity contribution >= 4 is 22.1 Å². The summed E-state index contributed by atoms with van der Waals surface area (Å²) in [5.41, 5.74) is 0.153. The summed E-state index contributed by atoms with van der Waals surface area (Å²) in [6.45, 7) is 7.37. The summed E-state index contributed by atoms with van der Waals surface area (Å²) in [5.74, 6) is -2.39. The van der Waals surface area contributed by atoms with E-state index >= 15 is 0 Å². The normalized spacial score (nSPS) is 9.71. The summed E-state index contributed by atoms with van der Waals surface area (Å²) in [6, 6.07) is 0. The van der Waals surface area contributed by atoms with E-state index in [4.69, 9.17) is 0 Å². The fourth-order valence-corrected chi connectivity index (χ4v) is 1.25. The van der Waals surface area contributed by atoms with Gasteiger partial charge in [-0.2, -0.15) is 8.42 Å². The molecule has 0 aliphatic rings. The Morgan fingerprint density at radius 2 is 1.94 bits per heavy atom. The van der Waals surface area contributed by atoms with Gasteiger partial charge in [-0.15, -0.1) is 0 Å². The SMILES string of the molecule is C=CC(=O)OS(=O)(=O)CCOC(=O)C(=C)C.[H-].[Na+]. The third kappa shape index (κ3) is 9.11. The standard InChI is InChI=1S/C9H12O6S.Na.H/c1-4-8(10)15-16(12,13)6-5-14-9(11)7(2)3;;/h4H,1-2,5-6H2,3H3;;/q;+1;-1. The van der Waals surface area contributed by atoms with Crippen molar-refractivity contribution in [3.8, 4) is 0 Å². The van der Waals surface area contributed by atoms with Gasteiger partial charge in [-0.25, -0.2) is 9.59 Å². The van der Waals surface area contributed by atoms with Gasteiger partial charge >= 0.3 is 51.6 Å². The zero-order chi connectivity index (χ0) is 12.8. The third-order valence-electron chi connectivity index (χ3n) is 1.29. The maximum Gasteiger partial charge on any atom is 1.00 e. The van der Waals surface area contributed by atoms with Gasteiger partial charge in [0.05, 0.1) is 0 Å². The topological polar surface area (TPSA) is 86.7 Å². The van der Waals surface area contributed by atoms with E-state index in [1.54, 1.807) is 0 Å². The molecule has 0 radical (unpaired) electrons. The number of carbonyl (C=O) groups excluding carboxylic acids is 2. The number of hydrogen-bond acceptors (Lipinski definition) is 6. The van der Waals surface area contributed by atoms with Crippen LogP contribution in [-0.4, -0.2) is 32.7 Å². The molecule has 0 saturated heterocycles. The minimum absolute atomic E-state index is 0. The van der Waals surface area contributed by atoms with Crippen LogP contribution in [0.2, 0.25) is 0 Å². The molecule has 0 saturated carbocycles. The van der Waals surface area contributed by atoms with Crippen molar-refractivity contribution in [1.29, 1.82) is 0 Å². The smallest absolute Gasteiger partial charge is 1.00 e. The van der Waals surface area contributed by atoms with E-state index in [1.807, 2.05) is 0 Å². The Hall–Kier alpha value is -0.630. The summed E-state index contributed by atoms with van der Waals surface area (Å²) in [6.07, 6.45) is 0.720. The van der Waals surface area contributed by atoms with Crippen molar-refractivity contribution in [2.24, 2.45) is 0 Å². The van der Waals surface area contributed by atoms with E-state index < -0.39 is 34.4 Å². The van der Waals surface area contributed by atoms with Crippen LogP contribution in [0.4, 0.5) is 0 Å². The molecule has 8 heteroatoms. The van der Waals surface area contributed by atoms with Gasteiger partial charge in [0, 0.05) is 11.6 Å². The first-order valence-electron chi connectivity index (χ1n) is 4.19. The van der Waals surface area contributed by atoms with Gasteiger partial charge in [0.25, 0.3) is 0 Å². The van der Waals surface area contributed by atoms with Crippen LogP contribution in [0.3, 0.4) is 0 Å². The molecule has 0 bridgehead atoms. The van der Waals surface area contributed by atoms with Crippen molar-refractivity contribution < 1.29 is 57.9 Å². The summed E-state index contributed by atoms with van der Waals surface area (Å²) in [5, 5.41) is 0. The number of ether oxygens (including phenoxy) is 1. The molecule has 6 nitrogen and oxygen atoms in total. The van der Waals surface area contributed by atoms with Crippen molar-refractivity contribution in [2.75, 3.05) is 12.4 Å². The zero-order valence-electron chi connectivity index (χ0n) is 10.8. The number of carbonyl (C=O) groups is 2. The molecule has 0 fully saturated rings. The van der Waals surface area contributed by atoms with E-state index in [9.17, 15) is 18.0 Å². The molecule has 0 heterocycles. The number of esters is 1. The van der Waals surface area contributed by atoms with Crippen LogP contribution in [0.15, 0.2) is 24.8 Å². The first kappa shape index (κ1) is 18.7.